The second kappa shape index (κ2) is 9.14. The zero-order chi connectivity index (χ0) is 23.4. The van der Waals surface area contributed by atoms with Crippen molar-refractivity contribution >= 4 is 17.7 Å². The van der Waals surface area contributed by atoms with E-state index < -0.39 is 41.8 Å². The number of rotatable bonds is 7. The van der Waals surface area contributed by atoms with E-state index in [9.17, 15) is 27.6 Å². The molecule has 9 nitrogen and oxygen atoms in total. The molecule has 0 fully saturated rings. The molecule has 0 radical (unpaired) electrons. The Bertz CT molecular complexity index is 1000. The molecule has 1 aromatic carbocycles. The summed E-state index contributed by atoms with van der Waals surface area (Å²) in [6, 6.07) is 8.19. The highest BCUT2D eigenvalue weighted by molar-refractivity contribution is 5.89. The molecule has 0 saturated carbocycles. The second-order valence-corrected chi connectivity index (χ2v) is 6.38. The van der Waals surface area contributed by atoms with Crippen LogP contribution in [0.15, 0.2) is 35.1 Å². The number of amides is 1. The maximum absolute atomic E-state index is 14.2. The first-order valence-electron chi connectivity index (χ1n) is 9.31. The topological polar surface area (TPSA) is 104 Å². The molecule has 0 unspecified atom stereocenters. The molecule has 0 saturated heterocycles. The van der Waals surface area contributed by atoms with Crippen molar-refractivity contribution in [2.24, 2.45) is 7.05 Å². The molecule has 2 rings (SSSR count). The van der Waals surface area contributed by atoms with E-state index in [0.717, 1.165) is 4.68 Å². The van der Waals surface area contributed by atoms with Crippen LogP contribution < -0.4 is 16.2 Å². The second-order valence-electron chi connectivity index (χ2n) is 6.38. The molecule has 2 aromatic rings. The number of anilines is 1. The third-order valence-corrected chi connectivity index (χ3v) is 4.44. The van der Waals surface area contributed by atoms with Crippen molar-refractivity contribution in [1.29, 1.82) is 0 Å². The third kappa shape index (κ3) is 4.52. The molecule has 1 atom stereocenters. The fourth-order valence-corrected chi connectivity index (χ4v) is 2.85. The number of nitrogens with one attached hydrogen (secondary N) is 2. The lowest BCUT2D eigenvalue weighted by Crippen LogP contribution is -2.69. The number of nitrogens with zero attached hydrogens (tertiary/aromatic N) is 2. The molecule has 1 aromatic heterocycles. The first-order chi connectivity index (χ1) is 14.5. The first-order valence-corrected chi connectivity index (χ1v) is 9.31. The van der Waals surface area contributed by atoms with Crippen molar-refractivity contribution in [3.05, 3.63) is 46.4 Å². The van der Waals surface area contributed by atoms with Crippen LogP contribution in [0.2, 0.25) is 0 Å². The van der Waals surface area contributed by atoms with Gasteiger partial charge in [0.15, 0.2) is 0 Å². The van der Waals surface area contributed by atoms with Gasteiger partial charge in [-0.05, 0) is 32.9 Å². The van der Waals surface area contributed by atoms with Crippen LogP contribution in [0.4, 0.5) is 23.7 Å². The summed E-state index contributed by atoms with van der Waals surface area (Å²) in [5, 5.41) is 3.41. The summed E-state index contributed by atoms with van der Waals surface area (Å²) >= 11 is 0. The van der Waals surface area contributed by atoms with Crippen molar-refractivity contribution < 1.29 is 32.2 Å². The van der Waals surface area contributed by atoms with Gasteiger partial charge in [0.05, 0.1) is 24.6 Å². The Kier molecular flexibility index (Phi) is 7.03. The number of hydrogen-bond donors (Lipinski definition) is 2. The van der Waals surface area contributed by atoms with Crippen LogP contribution in [0, 0.1) is 6.92 Å². The molecule has 170 valence electrons. The van der Waals surface area contributed by atoms with Gasteiger partial charge in [0.25, 0.3) is 5.56 Å². The molecule has 31 heavy (non-hydrogen) atoms. The molecule has 0 aliphatic heterocycles. The number of alkyl carbamates (subject to hydrolysis) is 1. The van der Waals surface area contributed by atoms with Crippen LogP contribution in [-0.2, 0) is 21.3 Å². The molecule has 0 spiro atoms. The molecule has 1 amide bonds. The van der Waals surface area contributed by atoms with E-state index in [1.165, 1.54) is 37.8 Å². The maximum Gasteiger partial charge on any atom is 0.442 e. The minimum atomic E-state index is -5.39. The van der Waals surface area contributed by atoms with Gasteiger partial charge in [-0.25, -0.2) is 14.3 Å². The van der Waals surface area contributed by atoms with E-state index in [0.29, 0.717) is 5.69 Å². The predicted octanol–water partition coefficient (Wildman–Crippen LogP) is 2.46. The van der Waals surface area contributed by atoms with E-state index in [4.69, 9.17) is 0 Å². The molecule has 1 heterocycles. The van der Waals surface area contributed by atoms with Crippen LogP contribution in [0.25, 0.3) is 5.69 Å². The van der Waals surface area contributed by atoms with E-state index >= 15 is 0 Å². The normalized spacial score (nSPS) is 13.3. The highest BCUT2D eigenvalue weighted by atomic mass is 19.4. The number of carbonyl (C=O) groups excluding carboxylic acids is 2. The molecule has 0 bridgehead atoms. The summed E-state index contributed by atoms with van der Waals surface area (Å²) < 4.78 is 54.1. The largest absolute Gasteiger partial charge is 0.463 e. The quantitative estimate of drug-likeness (QED) is 0.502. The Morgan fingerprint density at radius 1 is 1.06 bits per heavy atom. The first kappa shape index (κ1) is 23.8. The Morgan fingerprint density at radius 2 is 1.65 bits per heavy atom. The molecule has 12 heteroatoms. The molecule has 0 aliphatic rings. The summed E-state index contributed by atoms with van der Waals surface area (Å²) in [6.07, 6.45) is -6.91. The number of esters is 1. The van der Waals surface area contributed by atoms with Crippen molar-refractivity contribution in [2.75, 3.05) is 18.5 Å². The van der Waals surface area contributed by atoms with Gasteiger partial charge in [-0.1, -0.05) is 18.2 Å². The predicted molar refractivity (Wildman–Crippen MR) is 105 cm³/mol. The van der Waals surface area contributed by atoms with E-state index in [2.05, 4.69) is 9.47 Å². The highest BCUT2D eigenvalue weighted by Crippen LogP contribution is 2.33. The van der Waals surface area contributed by atoms with Crippen LogP contribution >= 0.6 is 0 Å². The van der Waals surface area contributed by atoms with Gasteiger partial charge in [-0.2, -0.15) is 13.2 Å². The Hall–Kier alpha value is -3.44. The number of benzene rings is 1. The number of ether oxygens (including phenoxy) is 2. The standard InChI is InChI=1S/C19H23F3N4O5/c1-5-30-16(28)18(19(20,21)22,24-17(29)31-6-2)23-14-12(3)25(4)26(15(14)27)13-10-8-7-9-11-13/h7-11,23H,5-6H2,1-4H3,(H,24,29)/t18-/m0/s1. The van der Waals surface area contributed by atoms with Gasteiger partial charge in [0, 0.05) is 7.05 Å². The van der Waals surface area contributed by atoms with Gasteiger partial charge in [-0.15, -0.1) is 0 Å². The highest BCUT2D eigenvalue weighted by Gasteiger charge is 2.64. The molecular formula is C19H23F3N4O5. The Balaban J connectivity index is 2.68. The summed E-state index contributed by atoms with van der Waals surface area (Å²) in [4.78, 5) is 37.4. The van der Waals surface area contributed by atoms with Crippen molar-refractivity contribution in [2.45, 2.75) is 32.6 Å². The van der Waals surface area contributed by atoms with Crippen molar-refractivity contribution in [1.82, 2.24) is 14.7 Å². The summed E-state index contributed by atoms with van der Waals surface area (Å²) in [6.45, 7) is 3.44. The average molecular weight is 444 g/mol. The van der Waals surface area contributed by atoms with Crippen LogP contribution in [-0.4, -0.2) is 46.5 Å². The molecular weight excluding hydrogens is 421 g/mol. The van der Waals surface area contributed by atoms with Crippen molar-refractivity contribution in [3.8, 4) is 5.69 Å². The summed E-state index contributed by atoms with van der Waals surface area (Å²) in [5.74, 6) is -1.84. The number of carbonyl (C=O) groups is 2. The zero-order valence-corrected chi connectivity index (χ0v) is 17.4. The maximum atomic E-state index is 14.2. The smallest absolute Gasteiger partial charge is 0.442 e. The van der Waals surface area contributed by atoms with Gasteiger partial charge in [-0.3, -0.25) is 14.8 Å². The zero-order valence-electron chi connectivity index (χ0n) is 17.4. The van der Waals surface area contributed by atoms with Gasteiger partial charge < -0.3 is 14.8 Å². The lowest BCUT2D eigenvalue weighted by Gasteiger charge is -2.34. The lowest BCUT2D eigenvalue weighted by atomic mass is 10.1. The van der Waals surface area contributed by atoms with Crippen LogP contribution in [0.1, 0.15) is 19.5 Å². The number of hydrogen-bond acceptors (Lipinski definition) is 6. The minimum Gasteiger partial charge on any atom is -0.463 e. The molecule has 2 N–H and O–H groups in total. The number of para-hydroxylation sites is 1. The molecule has 0 aliphatic carbocycles. The average Bonchev–Trinajstić information content (AvgIpc) is 2.90. The van der Waals surface area contributed by atoms with Crippen molar-refractivity contribution in [3.63, 3.8) is 0 Å². The number of aromatic nitrogens is 2. The van der Waals surface area contributed by atoms with Crippen LogP contribution in [0.3, 0.4) is 0 Å². The summed E-state index contributed by atoms with van der Waals surface area (Å²) in [5.41, 5.74) is -4.70. The third-order valence-electron chi connectivity index (χ3n) is 4.44. The van der Waals surface area contributed by atoms with E-state index in [1.54, 1.807) is 30.3 Å². The Labute approximate surface area is 175 Å². The van der Waals surface area contributed by atoms with Gasteiger partial charge >= 0.3 is 23.9 Å². The van der Waals surface area contributed by atoms with E-state index in [-0.39, 0.29) is 12.3 Å². The van der Waals surface area contributed by atoms with Crippen LogP contribution in [0.5, 0.6) is 0 Å². The monoisotopic (exact) mass is 444 g/mol. The SMILES string of the molecule is CCOC(=O)N[C@@](Nc1c(C)n(C)n(-c2ccccc2)c1=O)(C(=O)OCC)C(F)(F)F. The Morgan fingerprint density at radius 3 is 2.16 bits per heavy atom. The fraction of sp³-hybridized carbons (Fsp3) is 0.421. The number of alkyl halides is 3. The summed E-state index contributed by atoms with van der Waals surface area (Å²) in [7, 11) is 1.47. The fourth-order valence-electron chi connectivity index (χ4n) is 2.85. The minimum absolute atomic E-state index is 0.0810. The van der Waals surface area contributed by atoms with E-state index in [1.807, 2.05) is 5.32 Å². The number of halogens is 3. The van der Waals surface area contributed by atoms with Gasteiger partial charge in [0.1, 0.15) is 5.69 Å². The van der Waals surface area contributed by atoms with Gasteiger partial charge in [0.2, 0.25) is 0 Å². The lowest BCUT2D eigenvalue weighted by molar-refractivity contribution is -0.205.